The molecule has 0 aromatic carbocycles. The molecule has 0 aliphatic heterocycles. The molecule has 0 aliphatic carbocycles. The van der Waals surface area contributed by atoms with Crippen molar-refractivity contribution in [2.45, 2.75) is 13.3 Å². The van der Waals surface area contributed by atoms with Crippen LogP contribution >= 0.6 is 11.5 Å². The average Bonchev–Trinajstić information content (AvgIpc) is 2.85. The number of hydrogen-bond donors (Lipinski definition) is 1. The van der Waals surface area contributed by atoms with Crippen LogP contribution in [0.25, 0.3) is 10.8 Å². The number of nitrogens with zero attached hydrogens (tertiary/aromatic N) is 4. The van der Waals surface area contributed by atoms with E-state index in [0.717, 1.165) is 17.2 Å². The molecular formula is C7H6N4O3S. The molecule has 2 aromatic rings. The fourth-order valence-corrected chi connectivity index (χ4v) is 1.68. The molecule has 0 amide bonds. The Balaban J connectivity index is 2.41. The number of aromatic carboxylic acids is 1. The predicted octanol–water partition coefficient (Wildman–Crippen LogP) is 0.849. The lowest BCUT2D eigenvalue weighted by molar-refractivity contribution is 0.0680. The fraction of sp³-hybridized carbons (Fsp3) is 0.286. The molecule has 0 bridgehead atoms. The van der Waals surface area contributed by atoms with Crippen molar-refractivity contribution < 1.29 is 14.4 Å². The summed E-state index contributed by atoms with van der Waals surface area (Å²) in [5.74, 6) is -1.43. The zero-order chi connectivity index (χ0) is 10.8. The summed E-state index contributed by atoms with van der Waals surface area (Å²) in [6, 6.07) is 0. The summed E-state index contributed by atoms with van der Waals surface area (Å²) in [4.78, 5) is 14.9. The molecule has 0 atom stereocenters. The number of aryl methyl sites for hydroxylation is 1. The second kappa shape index (κ2) is 3.73. The van der Waals surface area contributed by atoms with Gasteiger partial charge < -0.3 is 9.63 Å². The molecule has 78 valence electrons. The number of hydrogen-bond acceptors (Lipinski definition) is 7. The van der Waals surface area contributed by atoms with Crippen LogP contribution in [0.2, 0.25) is 0 Å². The van der Waals surface area contributed by atoms with Gasteiger partial charge in [0.15, 0.2) is 0 Å². The van der Waals surface area contributed by atoms with Crippen molar-refractivity contribution in [2.75, 3.05) is 0 Å². The minimum absolute atomic E-state index is 0.152. The third kappa shape index (κ3) is 1.71. The molecule has 0 fully saturated rings. The summed E-state index contributed by atoms with van der Waals surface area (Å²) >= 11 is 1.10. The molecular weight excluding hydrogens is 220 g/mol. The minimum atomic E-state index is -1.22. The number of aromatic nitrogens is 4. The van der Waals surface area contributed by atoms with Crippen LogP contribution in [0.1, 0.15) is 23.2 Å². The molecule has 8 heteroatoms. The van der Waals surface area contributed by atoms with Gasteiger partial charge in [0.1, 0.15) is 4.88 Å². The summed E-state index contributed by atoms with van der Waals surface area (Å²) < 4.78 is 8.54. The van der Waals surface area contributed by atoms with Crippen molar-refractivity contribution in [3.8, 4) is 10.8 Å². The van der Waals surface area contributed by atoms with E-state index < -0.39 is 5.97 Å². The number of carboxylic acids is 1. The molecule has 0 spiro atoms. The number of rotatable bonds is 3. The lowest BCUT2D eigenvalue weighted by Crippen LogP contribution is -1.98. The van der Waals surface area contributed by atoms with Crippen LogP contribution in [0.5, 0.6) is 0 Å². The van der Waals surface area contributed by atoms with E-state index in [0.29, 0.717) is 11.3 Å². The van der Waals surface area contributed by atoms with Crippen molar-refractivity contribution in [2.24, 2.45) is 0 Å². The Bertz CT molecular complexity index is 492. The van der Waals surface area contributed by atoms with Gasteiger partial charge in [-0.2, -0.15) is 4.98 Å². The van der Waals surface area contributed by atoms with E-state index in [1.165, 1.54) is 0 Å². The Kier molecular flexibility index (Phi) is 2.42. The highest BCUT2D eigenvalue weighted by Crippen LogP contribution is 2.24. The smallest absolute Gasteiger partial charge is 0.377 e. The first-order valence-electron chi connectivity index (χ1n) is 4.11. The van der Waals surface area contributed by atoms with Gasteiger partial charge >= 0.3 is 5.97 Å². The van der Waals surface area contributed by atoms with E-state index >= 15 is 0 Å². The van der Waals surface area contributed by atoms with Crippen LogP contribution < -0.4 is 0 Å². The van der Waals surface area contributed by atoms with E-state index in [9.17, 15) is 4.79 Å². The molecule has 0 saturated carbocycles. The molecule has 0 unspecified atom stereocenters. The van der Waals surface area contributed by atoms with Gasteiger partial charge in [-0.3, -0.25) is 0 Å². The van der Waals surface area contributed by atoms with Gasteiger partial charge in [-0.15, -0.1) is 5.10 Å². The van der Waals surface area contributed by atoms with Crippen LogP contribution in [-0.4, -0.2) is 30.8 Å². The highest BCUT2D eigenvalue weighted by Gasteiger charge is 2.18. The van der Waals surface area contributed by atoms with Crippen LogP contribution in [0, 0.1) is 0 Å². The standard InChI is InChI=1S/C7H6N4O3S/c1-2-3-4(15-11-9-3)6-8-5(7(12)13)10-14-6/h2H2,1H3,(H,12,13). The first-order chi connectivity index (χ1) is 7.22. The Labute approximate surface area is 87.9 Å². The molecule has 0 saturated heterocycles. The normalized spacial score (nSPS) is 10.5. The van der Waals surface area contributed by atoms with Crippen molar-refractivity contribution in [1.29, 1.82) is 0 Å². The molecule has 1 N–H and O–H groups in total. The van der Waals surface area contributed by atoms with Gasteiger partial charge in [-0.05, 0) is 23.1 Å². The third-order valence-electron chi connectivity index (χ3n) is 1.70. The summed E-state index contributed by atoms with van der Waals surface area (Å²) in [6.07, 6.45) is 0.677. The maximum absolute atomic E-state index is 10.5. The van der Waals surface area contributed by atoms with Gasteiger partial charge in [0, 0.05) is 0 Å². The van der Waals surface area contributed by atoms with Crippen LogP contribution in [-0.2, 0) is 6.42 Å². The van der Waals surface area contributed by atoms with E-state index in [4.69, 9.17) is 9.63 Å². The summed E-state index contributed by atoms with van der Waals surface area (Å²) in [7, 11) is 0. The zero-order valence-electron chi connectivity index (χ0n) is 7.67. The van der Waals surface area contributed by atoms with Crippen molar-refractivity contribution >= 4 is 17.5 Å². The monoisotopic (exact) mass is 226 g/mol. The fourth-order valence-electron chi connectivity index (χ4n) is 1.00. The molecule has 2 aromatic heterocycles. The summed E-state index contributed by atoms with van der Waals surface area (Å²) in [5.41, 5.74) is 0.723. The predicted molar refractivity (Wildman–Crippen MR) is 49.5 cm³/mol. The largest absolute Gasteiger partial charge is 0.475 e. The molecule has 15 heavy (non-hydrogen) atoms. The molecule has 2 rings (SSSR count). The van der Waals surface area contributed by atoms with Gasteiger partial charge in [0.25, 0.3) is 11.7 Å². The van der Waals surface area contributed by atoms with E-state index in [1.807, 2.05) is 6.92 Å². The van der Waals surface area contributed by atoms with Gasteiger partial charge in [0.2, 0.25) is 0 Å². The highest BCUT2D eigenvalue weighted by atomic mass is 32.1. The van der Waals surface area contributed by atoms with Gasteiger partial charge in [-0.25, -0.2) is 4.79 Å². The second-order valence-corrected chi connectivity index (χ2v) is 3.38. The number of carbonyl (C=O) groups is 1. The molecule has 0 aliphatic rings. The van der Waals surface area contributed by atoms with Crippen LogP contribution in [0.15, 0.2) is 4.52 Å². The minimum Gasteiger partial charge on any atom is -0.475 e. The van der Waals surface area contributed by atoms with Gasteiger partial charge in [-0.1, -0.05) is 11.4 Å². The Morgan fingerprint density at radius 3 is 3.00 bits per heavy atom. The topological polar surface area (TPSA) is 102 Å². The first-order valence-corrected chi connectivity index (χ1v) is 4.88. The second-order valence-electron chi connectivity index (χ2n) is 2.63. The third-order valence-corrected chi connectivity index (χ3v) is 2.46. The van der Waals surface area contributed by atoms with E-state index in [-0.39, 0.29) is 11.7 Å². The van der Waals surface area contributed by atoms with E-state index in [1.54, 1.807) is 0 Å². The van der Waals surface area contributed by atoms with E-state index in [2.05, 4.69) is 19.7 Å². The molecule has 2 heterocycles. The lowest BCUT2D eigenvalue weighted by atomic mass is 10.3. The summed E-state index contributed by atoms with van der Waals surface area (Å²) in [5, 5.41) is 15.8. The SMILES string of the molecule is CCc1nnsc1-c1nc(C(=O)O)no1. The van der Waals surface area contributed by atoms with Crippen LogP contribution in [0.3, 0.4) is 0 Å². The quantitative estimate of drug-likeness (QED) is 0.827. The number of carboxylic acid groups (broad SMARTS) is 1. The molecule has 0 radical (unpaired) electrons. The maximum Gasteiger partial charge on any atom is 0.377 e. The Morgan fingerprint density at radius 2 is 2.40 bits per heavy atom. The molecule has 7 nitrogen and oxygen atoms in total. The zero-order valence-corrected chi connectivity index (χ0v) is 8.48. The van der Waals surface area contributed by atoms with Crippen molar-refractivity contribution in [3.05, 3.63) is 11.5 Å². The Hall–Kier alpha value is -1.83. The summed E-state index contributed by atoms with van der Waals surface area (Å²) in [6.45, 7) is 1.91. The highest BCUT2D eigenvalue weighted by molar-refractivity contribution is 7.09. The average molecular weight is 226 g/mol. The van der Waals surface area contributed by atoms with Crippen molar-refractivity contribution in [3.63, 3.8) is 0 Å². The lowest BCUT2D eigenvalue weighted by Gasteiger charge is -1.88. The Morgan fingerprint density at radius 1 is 1.60 bits per heavy atom. The first kappa shape index (κ1) is 9.71. The van der Waals surface area contributed by atoms with Gasteiger partial charge in [0.05, 0.1) is 5.69 Å². The van der Waals surface area contributed by atoms with Crippen LogP contribution in [0.4, 0.5) is 0 Å². The maximum atomic E-state index is 10.5. The van der Waals surface area contributed by atoms with Crippen molar-refractivity contribution in [1.82, 2.24) is 19.7 Å².